The zero-order chi connectivity index (χ0) is 18.5. The predicted molar refractivity (Wildman–Crippen MR) is 102 cm³/mol. The van der Waals surface area contributed by atoms with Crippen molar-refractivity contribution >= 4 is 23.2 Å². The van der Waals surface area contributed by atoms with Crippen LogP contribution in [0.15, 0.2) is 41.8 Å². The Kier molecular flexibility index (Phi) is 6.06. The molecule has 0 saturated heterocycles. The van der Waals surface area contributed by atoms with Gasteiger partial charge >= 0.3 is 5.97 Å². The first-order valence-corrected chi connectivity index (χ1v) is 9.69. The van der Waals surface area contributed by atoms with E-state index in [2.05, 4.69) is 11.0 Å². The normalized spacial score (nSPS) is 16.4. The standard InChI is InChI=1S/C20H24N2O3S/c1-3-21(13-17-9-6-10-26-17)14-19(23)22-12-16-8-5-4-7-15(16)11-18(22)20(24)25-2/h4-10,18H,3,11-14H2,1-2H3. The first-order valence-electron chi connectivity index (χ1n) is 8.81. The van der Waals surface area contributed by atoms with Crippen LogP contribution in [0.4, 0.5) is 0 Å². The second-order valence-electron chi connectivity index (χ2n) is 6.42. The molecule has 0 bridgehead atoms. The molecule has 26 heavy (non-hydrogen) atoms. The van der Waals surface area contributed by atoms with Crippen molar-refractivity contribution in [2.45, 2.75) is 32.5 Å². The van der Waals surface area contributed by atoms with Crippen molar-refractivity contribution in [1.82, 2.24) is 9.80 Å². The van der Waals surface area contributed by atoms with E-state index in [9.17, 15) is 9.59 Å². The molecule has 1 atom stereocenters. The summed E-state index contributed by atoms with van der Waals surface area (Å²) in [5, 5.41) is 2.04. The Morgan fingerprint density at radius 2 is 2.00 bits per heavy atom. The van der Waals surface area contributed by atoms with Gasteiger partial charge in [0.2, 0.25) is 5.91 Å². The maximum absolute atomic E-state index is 13.0. The summed E-state index contributed by atoms with van der Waals surface area (Å²) in [7, 11) is 1.38. The Balaban J connectivity index is 1.75. The summed E-state index contributed by atoms with van der Waals surface area (Å²) < 4.78 is 4.96. The van der Waals surface area contributed by atoms with E-state index >= 15 is 0 Å². The topological polar surface area (TPSA) is 49.9 Å². The summed E-state index contributed by atoms with van der Waals surface area (Å²) in [4.78, 5) is 30.3. The lowest BCUT2D eigenvalue weighted by atomic mass is 9.94. The van der Waals surface area contributed by atoms with Gasteiger partial charge in [0, 0.05) is 24.4 Å². The number of fused-ring (bicyclic) bond motifs is 1. The molecule has 0 saturated carbocycles. The smallest absolute Gasteiger partial charge is 0.328 e. The molecule has 0 aliphatic carbocycles. The first-order chi connectivity index (χ1) is 12.6. The highest BCUT2D eigenvalue weighted by Gasteiger charge is 2.35. The summed E-state index contributed by atoms with van der Waals surface area (Å²) in [6.45, 7) is 4.31. The number of methoxy groups -OCH3 is 1. The Morgan fingerprint density at radius 1 is 1.23 bits per heavy atom. The average molecular weight is 372 g/mol. The van der Waals surface area contributed by atoms with E-state index in [0.717, 1.165) is 24.2 Å². The van der Waals surface area contributed by atoms with Crippen LogP contribution in [0.5, 0.6) is 0 Å². The molecule has 3 rings (SSSR count). The summed E-state index contributed by atoms with van der Waals surface area (Å²) >= 11 is 1.69. The molecule has 0 radical (unpaired) electrons. The number of ether oxygens (including phenoxy) is 1. The Labute approximate surface area is 158 Å². The number of likely N-dealkylation sites (N-methyl/N-ethyl adjacent to an activating group) is 1. The van der Waals surface area contributed by atoms with E-state index in [-0.39, 0.29) is 11.9 Å². The van der Waals surface area contributed by atoms with Gasteiger partial charge in [-0.25, -0.2) is 4.79 Å². The molecule has 138 valence electrons. The Morgan fingerprint density at radius 3 is 2.65 bits per heavy atom. The molecule has 1 aliphatic heterocycles. The number of hydrogen-bond acceptors (Lipinski definition) is 5. The third-order valence-electron chi connectivity index (χ3n) is 4.81. The molecule has 1 aromatic carbocycles. The molecule has 5 nitrogen and oxygen atoms in total. The number of thiophene rings is 1. The predicted octanol–water partition coefficient (Wildman–Crippen LogP) is 2.70. The van der Waals surface area contributed by atoms with Gasteiger partial charge in [0.15, 0.2) is 0 Å². The molecule has 2 heterocycles. The highest BCUT2D eigenvalue weighted by molar-refractivity contribution is 7.09. The van der Waals surface area contributed by atoms with Crippen LogP contribution in [0.1, 0.15) is 22.9 Å². The number of amides is 1. The first kappa shape index (κ1) is 18.6. The van der Waals surface area contributed by atoms with E-state index in [4.69, 9.17) is 4.74 Å². The highest BCUT2D eigenvalue weighted by atomic mass is 32.1. The fourth-order valence-electron chi connectivity index (χ4n) is 3.32. The lowest BCUT2D eigenvalue weighted by Gasteiger charge is -2.36. The molecule has 0 fully saturated rings. The van der Waals surface area contributed by atoms with Gasteiger partial charge in [0.25, 0.3) is 0 Å². The fraction of sp³-hybridized carbons (Fsp3) is 0.400. The number of benzene rings is 1. The molecular formula is C20H24N2O3S. The molecular weight excluding hydrogens is 348 g/mol. The summed E-state index contributed by atoms with van der Waals surface area (Å²) in [5.74, 6) is -0.387. The minimum atomic E-state index is -0.553. The quantitative estimate of drug-likeness (QED) is 0.732. The molecule has 1 amide bonds. The van der Waals surface area contributed by atoms with Crippen LogP contribution in [0.2, 0.25) is 0 Å². The van der Waals surface area contributed by atoms with E-state index in [0.29, 0.717) is 19.5 Å². The maximum atomic E-state index is 13.0. The lowest BCUT2D eigenvalue weighted by molar-refractivity contribution is -0.154. The highest BCUT2D eigenvalue weighted by Crippen LogP contribution is 2.24. The Hall–Kier alpha value is -2.18. The summed E-state index contributed by atoms with van der Waals surface area (Å²) in [6.07, 6.45) is 0.506. The van der Waals surface area contributed by atoms with Crippen molar-refractivity contribution in [3.8, 4) is 0 Å². The van der Waals surface area contributed by atoms with Crippen LogP contribution in [0.25, 0.3) is 0 Å². The third-order valence-corrected chi connectivity index (χ3v) is 5.67. The van der Waals surface area contributed by atoms with Crippen LogP contribution in [0.3, 0.4) is 0 Å². The van der Waals surface area contributed by atoms with Gasteiger partial charge < -0.3 is 9.64 Å². The van der Waals surface area contributed by atoms with Crippen LogP contribution in [-0.2, 0) is 33.8 Å². The average Bonchev–Trinajstić information content (AvgIpc) is 3.18. The van der Waals surface area contributed by atoms with E-state index in [1.54, 1.807) is 16.2 Å². The zero-order valence-corrected chi connectivity index (χ0v) is 16.0. The van der Waals surface area contributed by atoms with Crippen LogP contribution in [0, 0.1) is 0 Å². The Bertz CT molecular complexity index is 760. The van der Waals surface area contributed by atoms with E-state index < -0.39 is 6.04 Å². The molecule has 0 spiro atoms. The van der Waals surface area contributed by atoms with Crippen molar-refractivity contribution in [2.75, 3.05) is 20.2 Å². The van der Waals surface area contributed by atoms with E-state index in [1.807, 2.05) is 42.6 Å². The second-order valence-corrected chi connectivity index (χ2v) is 7.45. The molecule has 2 aromatic rings. The minimum Gasteiger partial charge on any atom is -0.467 e. The lowest BCUT2D eigenvalue weighted by Crippen LogP contribution is -2.51. The van der Waals surface area contributed by atoms with Gasteiger partial charge in [0.1, 0.15) is 6.04 Å². The van der Waals surface area contributed by atoms with Crippen LogP contribution >= 0.6 is 11.3 Å². The largest absolute Gasteiger partial charge is 0.467 e. The minimum absolute atomic E-state index is 0.0340. The maximum Gasteiger partial charge on any atom is 0.328 e. The van der Waals surface area contributed by atoms with Crippen molar-refractivity contribution < 1.29 is 14.3 Å². The summed E-state index contributed by atoms with van der Waals surface area (Å²) in [6, 6.07) is 11.5. The number of rotatable bonds is 6. The van der Waals surface area contributed by atoms with E-state index in [1.165, 1.54) is 12.0 Å². The van der Waals surface area contributed by atoms with Gasteiger partial charge in [0.05, 0.1) is 13.7 Å². The number of nitrogens with zero attached hydrogens (tertiary/aromatic N) is 2. The zero-order valence-electron chi connectivity index (χ0n) is 15.2. The summed E-state index contributed by atoms with van der Waals surface area (Å²) in [5.41, 5.74) is 2.21. The van der Waals surface area contributed by atoms with Gasteiger partial charge in [-0.15, -0.1) is 11.3 Å². The SMILES string of the molecule is CCN(CC(=O)N1Cc2ccccc2CC1C(=O)OC)Cc1cccs1. The van der Waals surface area contributed by atoms with Gasteiger partial charge in [-0.1, -0.05) is 37.3 Å². The monoisotopic (exact) mass is 372 g/mol. The van der Waals surface area contributed by atoms with Gasteiger partial charge in [-0.3, -0.25) is 9.69 Å². The number of esters is 1. The number of carbonyl (C=O) groups is 2. The van der Waals surface area contributed by atoms with Crippen LogP contribution in [-0.4, -0.2) is 47.9 Å². The molecule has 6 heteroatoms. The fourth-order valence-corrected chi connectivity index (χ4v) is 4.06. The van der Waals surface area contributed by atoms with Crippen molar-refractivity contribution in [2.24, 2.45) is 0 Å². The molecule has 1 aliphatic rings. The second kappa shape index (κ2) is 8.47. The van der Waals surface area contributed by atoms with Crippen molar-refractivity contribution in [1.29, 1.82) is 0 Å². The number of carbonyl (C=O) groups excluding carboxylic acids is 2. The molecule has 1 unspecified atom stereocenters. The van der Waals surface area contributed by atoms with Crippen molar-refractivity contribution in [3.63, 3.8) is 0 Å². The third kappa shape index (κ3) is 4.14. The molecule has 1 aromatic heterocycles. The van der Waals surface area contributed by atoms with Gasteiger partial charge in [-0.05, 0) is 29.1 Å². The van der Waals surface area contributed by atoms with Crippen molar-refractivity contribution in [3.05, 3.63) is 57.8 Å². The molecule has 0 N–H and O–H groups in total. The van der Waals surface area contributed by atoms with Crippen LogP contribution < -0.4 is 0 Å². The van der Waals surface area contributed by atoms with Gasteiger partial charge in [-0.2, -0.15) is 0 Å². The number of hydrogen-bond donors (Lipinski definition) is 0.